The summed E-state index contributed by atoms with van der Waals surface area (Å²) in [6.07, 6.45) is 3.04. The molecule has 19 heavy (non-hydrogen) atoms. The fourth-order valence-electron chi connectivity index (χ4n) is 2.45. The van der Waals surface area contributed by atoms with Crippen LogP contribution >= 0.6 is 0 Å². The number of aromatic amines is 1. The predicted molar refractivity (Wildman–Crippen MR) is 81.4 cm³/mol. The summed E-state index contributed by atoms with van der Waals surface area (Å²) in [6.45, 7) is 2.21. The Bertz CT molecular complexity index is 655. The smallest absolute Gasteiger partial charge is 0.0511 e. The van der Waals surface area contributed by atoms with Crippen molar-refractivity contribution < 1.29 is 0 Å². The average Bonchev–Trinajstić information content (AvgIpc) is 2.93. The van der Waals surface area contributed by atoms with E-state index in [1.54, 1.807) is 0 Å². The summed E-state index contributed by atoms with van der Waals surface area (Å²) in [5.41, 5.74) is 3.68. The monoisotopic (exact) mass is 250 g/mol. The van der Waals surface area contributed by atoms with Crippen molar-refractivity contribution in [2.45, 2.75) is 19.4 Å². The van der Waals surface area contributed by atoms with Crippen molar-refractivity contribution >= 4 is 16.6 Å². The van der Waals surface area contributed by atoms with E-state index in [0.29, 0.717) is 6.04 Å². The van der Waals surface area contributed by atoms with Crippen LogP contribution in [0, 0.1) is 0 Å². The molecule has 3 aromatic rings. The van der Waals surface area contributed by atoms with Gasteiger partial charge in [0.25, 0.3) is 0 Å². The van der Waals surface area contributed by atoms with Gasteiger partial charge in [0.1, 0.15) is 0 Å². The number of anilines is 1. The topological polar surface area (TPSA) is 27.8 Å². The van der Waals surface area contributed by atoms with Crippen LogP contribution in [0.3, 0.4) is 0 Å². The summed E-state index contributed by atoms with van der Waals surface area (Å²) in [4.78, 5) is 3.22. The predicted octanol–water partition coefficient (Wildman–Crippen LogP) is 4.73. The van der Waals surface area contributed by atoms with Gasteiger partial charge in [-0.05, 0) is 36.2 Å². The van der Waals surface area contributed by atoms with Gasteiger partial charge in [-0.25, -0.2) is 0 Å². The molecule has 0 radical (unpaired) electrons. The van der Waals surface area contributed by atoms with Crippen molar-refractivity contribution in [2.75, 3.05) is 5.32 Å². The highest BCUT2D eigenvalue weighted by atomic mass is 14.9. The minimum absolute atomic E-state index is 0.359. The molecule has 2 N–H and O–H groups in total. The second-order valence-electron chi connectivity index (χ2n) is 4.80. The third-order valence-corrected chi connectivity index (χ3v) is 3.50. The maximum Gasteiger partial charge on any atom is 0.0511 e. The molecule has 2 nitrogen and oxygen atoms in total. The Morgan fingerprint density at radius 2 is 1.89 bits per heavy atom. The highest BCUT2D eigenvalue weighted by Gasteiger charge is 2.08. The maximum atomic E-state index is 3.61. The molecular weight excluding hydrogens is 232 g/mol. The van der Waals surface area contributed by atoms with Crippen LogP contribution in [0.2, 0.25) is 0 Å². The third-order valence-electron chi connectivity index (χ3n) is 3.50. The molecule has 2 aromatic carbocycles. The Morgan fingerprint density at radius 3 is 2.68 bits per heavy atom. The zero-order valence-corrected chi connectivity index (χ0v) is 11.1. The molecule has 3 rings (SSSR count). The molecule has 0 aliphatic rings. The fraction of sp³-hybridized carbons (Fsp3) is 0.176. The van der Waals surface area contributed by atoms with E-state index in [1.807, 2.05) is 6.20 Å². The van der Waals surface area contributed by atoms with Crippen LogP contribution in [0.15, 0.2) is 60.8 Å². The van der Waals surface area contributed by atoms with Crippen LogP contribution in [-0.2, 0) is 0 Å². The molecule has 0 fully saturated rings. The van der Waals surface area contributed by atoms with E-state index in [1.165, 1.54) is 22.2 Å². The first-order valence-corrected chi connectivity index (χ1v) is 6.75. The average molecular weight is 250 g/mol. The summed E-state index contributed by atoms with van der Waals surface area (Å²) in [5.74, 6) is 0. The van der Waals surface area contributed by atoms with E-state index in [-0.39, 0.29) is 0 Å². The minimum Gasteiger partial charge on any atom is -0.378 e. The Morgan fingerprint density at radius 1 is 1.05 bits per heavy atom. The zero-order chi connectivity index (χ0) is 13.1. The molecule has 1 unspecified atom stereocenters. The SMILES string of the molecule is CCC(Nc1ccc2[nH]ccc2c1)c1ccccc1. The third kappa shape index (κ3) is 2.48. The highest BCUT2D eigenvalue weighted by Crippen LogP contribution is 2.24. The van der Waals surface area contributed by atoms with E-state index in [4.69, 9.17) is 0 Å². The first-order valence-electron chi connectivity index (χ1n) is 6.75. The number of rotatable bonds is 4. The van der Waals surface area contributed by atoms with Gasteiger partial charge in [0.2, 0.25) is 0 Å². The fourth-order valence-corrected chi connectivity index (χ4v) is 2.45. The molecule has 2 heteroatoms. The Balaban J connectivity index is 1.86. The number of hydrogen-bond donors (Lipinski definition) is 2. The van der Waals surface area contributed by atoms with Gasteiger partial charge in [0.15, 0.2) is 0 Å². The van der Waals surface area contributed by atoms with Gasteiger partial charge in [-0.2, -0.15) is 0 Å². The Labute approximate surface area is 113 Å². The maximum absolute atomic E-state index is 3.61. The Kier molecular flexibility index (Phi) is 3.23. The molecule has 0 bridgehead atoms. The first kappa shape index (κ1) is 11.8. The van der Waals surface area contributed by atoms with E-state index in [9.17, 15) is 0 Å². The molecule has 1 heterocycles. The van der Waals surface area contributed by atoms with Crippen LogP contribution in [0.25, 0.3) is 10.9 Å². The molecule has 0 saturated carbocycles. The number of hydrogen-bond acceptors (Lipinski definition) is 1. The van der Waals surface area contributed by atoms with Gasteiger partial charge >= 0.3 is 0 Å². The number of benzene rings is 2. The molecular formula is C17H18N2. The lowest BCUT2D eigenvalue weighted by atomic mass is 10.0. The van der Waals surface area contributed by atoms with E-state index < -0.39 is 0 Å². The van der Waals surface area contributed by atoms with Crippen molar-refractivity contribution in [3.63, 3.8) is 0 Å². The van der Waals surface area contributed by atoms with E-state index in [0.717, 1.165) is 6.42 Å². The molecule has 0 aliphatic carbocycles. The zero-order valence-electron chi connectivity index (χ0n) is 11.1. The van der Waals surface area contributed by atoms with Crippen LogP contribution in [-0.4, -0.2) is 4.98 Å². The molecule has 96 valence electrons. The van der Waals surface area contributed by atoms with Crippen LogP contribution < -0.4 is 5.32 Å². The first-order chi connectivity index (χ1) is 9.36. The van der Waals surface area contributed by atoms with Crippen molar-refractivity contribution in [3.05, 3.63) is 66.4 Å². The normalized spacial score (nSPS) is 12.5. The van der Waals surface area contributed by atoms with Crippen molar-refractivity contribution in [2.24, 2.45) is 0 Å². The van der Waals surface area contributed by atoms with Crippen molar-refractivity contribution in [3.8, 4) is 0 Å². The van der Waals surface area contributed by atoms with Crippen molar-refractivity contribution in [1.29, 1.82) is 0 Å². The van der Waals surface area contributed by atoms with Crippen LogP contribution in [0.1, 0.15) is 24.9 Å². The van der Waals surface area contributed by atoms with E-state index >= 15 is 0 Å². The number of H-pyrrole nitrogens is 1. The second-order valence-corrected chi connectivity index (χ2v) is 4.80. The summed E-state index contributed by atoms with van der Waals surface area (Å²) >= 11 is 0. The van der Waals surface area contributed by atoms with E-state index in [2.05, 4.69) is 71.8 Å². The highest BCUT2D eigenvalue weighted by molar-refractivity contribution is 5.83. The number of aromatic nitrogens is 1. The second kappa shape index (κ2) is 5.19. The van der Waals surface area contributed by atoms with Gasteiger partial charge in [-0.1, -0.05) is 37.3 Å². The van der Waals surface area contributed by atoms with Gasteiger partial charge < -0.3 is 10.3 Å². The standard InChI is InChI=1S/C17H18N2/c1-2-16(13-6-4-3-5-7-13)19-15-8-9-17-14(12-15)10-11-18-17/h3-12,16,18-19H,2H2,1H3. The van der Waals surface area contributed by atoms with Gasteiger partial charge in [0, 0.05) is 22.8 Å². The summed E-state index contributed by atoms with van der Waals surface area (Å²) < 4.78 is 0. The molecule has 0 amide bonds. The molecule has 0 spiro atoms. The van der Waals surface area contributed by atoms with Crippen molar-refractivity contribution in [1.82, 2.24) is 4.98 Å². The quantitative estimate of drug-likeness (QED) is 0.688. The van der Waals surface area contributed by atoms with Gasteiger partial charge in [-0.15, -0.1) is 0 Å². The molecule has 0 aliphatic heterocycles. The van der Waals surface area contributed by atoms with Gasteiger partial charge in [0.05, 0.1) is 6.04 Å². The van der Waals surface area contributed by atoms with Crippen LogP contribution in [0.5, 0.6) is 0 Å². The minimum atomic E-state index is 0.359. The summed E-state index contributed by atoms with van der Waals surface area (Å²) in [6, 6.07) is 19.5. The lowest BCUT2D eigenvalue weighted by Gasteiger charge is -2.18. The van der Waals surface area contributed by atoms with Gasteiger partial charge in [-0.3, -0.25) is 0 Å². The Hall–Kier alpha value is -2.22. The van der Waals surface area contributed by atoms with Crippen LogP contribution in [0.4, 0.5) is 5.69 Å². The summed E-state index contributed by atoms with van der Waals surface area (Å²) in [5, 5.41) is 4.86. The molecule has 0 saturated heterocycles. The lowest BCUT2D eigenvalue weighted by molar-refractivity contribution is 0.749. The largest absolute Gasteiger partial charge is 0.378 e. The summed E-state index contributed by atoms with van der Waals surface area (Å²) in [7, 11) is 0. The lowest BCUT2D eigenvalue weighted by Crippen LogP contribution is -2.09. The molecule has 1 aromatic heterocycles. The number of fused-ring (bicyclic) bond motifs is 1. The molecule has 1 atom stereocenters. The number of nitrogens with one attached hydrogen (secondary N) is 2.